The van der Waals surface area contributed by atoms with Crippen molar-refractivity contribution in [3.8, 4) is 0 Å². The first-order chi connectivity index (χ1) is 5.87. The van der Waals surface area contributed by atoms with Gasteiger partial charge in [-0.05, 0) is 24.7 Å². The van der Waals surface area contributed by atoms with Crippen LogP contribution in [0.3, 0.4) is 0 Å². The topological polar surface area (TPSA) is 20.2 Å². The van der Waals surface area contributed by atoms with Gasteiger partial charge in [0.05, 0.1) is 0 Å². The van der Waals surface area contributed by atoms with Crippen molar-refractivity contribution in [2.45, 2.75) is 45.5 Å². The number of aliphatic hydroxyl groups excluding tert-OH is 1. The number of hydrogen-bond acceptors (Lipinski definition) is 1. The summed E-state index contributed by atoms with van der Waals surface area (Å²) in [4.78, 5) is 0. The van der Waals surface area contributed by atoms with Crippen molar-refractivity contribution in [3.63, 3.8) is 0 Å². The van der Waals surface area contributed by atoms with Gasteiger partial charge in [0, 0.05) is 18.9 Å². The van der Waals surface area contributed by atoms with Gasteiger partial charge in [-0.15, -0.1) is 0 Å². The van der Waals surface area contributed by atoms with Gasteiger partial charge < -0.3 is 5.11 Å². The molecule has 1 nitrogen and oxygen atoms in total. The molecule has 0 saturated heterocycles. The summed E-state index contributed by atoms with van der Waals surface area (Å²) < 4.78 is 26.6. The predicted octanol–water partition coefficient (Wildman–Crippen LogP) is 2.83. The van der Waals surface area contributed by atoms with Crippen LogP contribution in [0.5, 0.6) is 0 Å². The molecule has 0 aromatic rings. The van der Waals surface area contributed by atoms with Crippen LogP contribution in [-0.2, 0) is 0 Å². The van der Waals surface area contributed by atoms with Gasteiger partial charge in [0.15, 0.2) is 0 Å². The summed E-state index contributed by atoms with van der Waals surface area (Å²) in [5, 5.41) is 8.51. The zero-order chi connectivity index (χ0) is 10.1. The Balaban J connectivity index is 2.54. The standard InChI is InChI=1S/C10H18F2O/c1-9(2)4-3-8(7-9)10(11,12)5-6-13/h8,13H,3-7H2,1-2H3. The summed E-state index contributed by atoms with van der Waals surface area (Å²) in [6.45, 7) is 3.65. The van der Waals surface area contributed by atoms with Crippen molar-refractivity contribution in [1.29, 1.82) is 0 Å². The zero-order valence-corrected chi connectivity index (χ0v) is 8.32. The zero-order valence-electron chi connectivity index (χ0n) is 8.32. The Morgan fingerprint density at radius 3 is 2.46 bits per heavy atom. The molecule has 0 aliphatic heterocycles. The minimum atomic E-state index is -2.66. The summed E-state index contributed by atoms with van der Waals surface area (Å²) in [6.07, 6.45) is 1.67. The third-order valence-corrected chi connectivity index (χ3v) is 3.01. The van der Waals surface area contributed by atoms with E-state index in [4.69, 9.17) is 5.11 Å². The van der Waals surface area contributed by atoms with E-state index in [0.717, 1.165) is 6.42 Å². The molecular weight excluding hydrogens is 174 g/mol. The van der Waals surface area contributed by atoms with Crippen LogP contribution in [0, 0.1) is 11.3 Å². The molecular formula is C10H18F2O. The number of aliphatic hydroxyl groups is 1. The second-order valence-corrected chi connectivity index (χ2v) is 4.84. The minimum absolute atomic E-state index is 0.0591. The molecule has 0 aromatic carbocycles. The van der Waals surface area contributed by atoms with E-state index in [1.165, 1.54) is 0 Å². The molecule has 1 fully saturated rings. The first-order valence-electron chi connectivity index (χ1n) is 4.86. The van der Waals surface area contributed by atoms with Gasteiger partial charge in [-0.2, -0.15) is 0 Å². The lowest BCUT2D eigenvalue weighted by atomic mass is 9.88. The molecule has 0 radical (unpaired) electrons. The Morgan fingerprint density at radius 2 is 2.08 bits per heavy atom. The lowest BCUT2D eigenvalue weighted by Crippen LogP contribution is -2.28. The summed E-state index contributed by atoms with van der Waals surface area (Å²) in [5.41, 5.74) is 0.0591. The van der Waals surface area contributed by atoms with E-state index in [1.54, 1.807) is 0 Å². The van der Waals surface area contributed by atoms with Crippen LogP contribution in [-0.4, -0.2) is 17.6 Å². The van der Waals surface area contributed by atoms with Gasteiger partial charge in [0.2, 0.25) is 0 Å². The van der Waals surface area contributed by atoms with Gasteiger partial charge in [-0.1, -0.05) is 13.8 Å². The van der Waals surface area contributed by atoms with Gasteiger partial charge in [0.25, 0.3) is 5.92 Å². The third kappa shape index (κ3) is 2.63. The highest BCUT2D eigenvalue weighted by Crippen LogP contribution is 2.48. The average Bonchev–Trinajstić information content (AvgIpc) is 2.30. The third-order valence-electron chi connectivity index (χ3n) is 3.01. The van der Waals surface area contributed by atoms with Crippen LogP contribution in [0.25, 0.3) is 0 Å². The Bertz CT molecular complexity index is 178. The van der Waals surface area contributed by atoms with E-state index in [1.807, 2.05) is 13.8 Å². The van der Waals surface area contributed by atoms with E-state index < -0.39 is 18.4 Å². The van der Waals surface area contributed by atoms with E-state index >= 15 is 0 Å². The van der Waals surface area contributed by atoms with Crippen LogP contribution < -0.4 is 0 Å². The normalized spacial score (nSPS) is 27.9. The quantitative estimate of drug-likeness (QED) is 0.729. The Hall–Kier alpha value is -0.180. The van der Waals surface area contributed by atoms with Gasteiger partial charge >= 0.3 is 0 Å². The average molecular weight is 192 g/mol. The molecule has 1 aliphatic carbocycles. The van der Waals surface area contributed by atoms with Gasteiger partial charge in [0.1, 0.15) is 0 Å². The fraction of sp³-hybridized carbons (Fsp3) is 1.00. The van der Waals surface area contributed by atoms with E-state index in [9.17, 15) is 8.78 Å². The highest BCUT2D eigenvalue weighted by atomic mass is 19.3. The molecule has 0 spiro atoms. The summed E-state index contributed by atoms with van der Waals surface area (Å²) >= 11 is 0. The molecule has 78 valence electrons. The maximum absolute atomic E-state index is 13.3. The van der Waals surface area contributed by atoms with Crippen LogP contribution in [0.2, 0.25) is 0 Å². The van der Waals surface area contributed by atoms with Crippen molar-refractivity contribution >= 4 is 0 Å². The van der Waals surface area contributed by atoms with Gasteiger partial charge in [-0.25, -0.2) is 8.78 Å². The number of halogens is 2. The van der Waals surface area contributed by atoms with Crippen molar-refractivity contribution in [2.24, 2.45) is 11.3 Å². The van der Waals surface area contributed by atoms with Crippen molar-refractivity contribution < 1.29 is 13.9 Å². The smallest absolute Gasteiger partial charge is 0.253 e. The number of rotatable bonds is 3. The fourth-order valence-corrected chi connectivity index (χ4v) is 2.15. The molecule has 0 amide bonds. The van der Waals surface area contributed by atoms with Crippen LogP contribution >= 0.6 is 0 Å². The molecule has 1 atom stereocenters. The monoisotopic (exact) mass is 192 g/mol. The Morgan fingerprint density at radius 1 is 1.46 bits per heavy atom. The predicted molar refractivity (Wildman–Crippen MR) is 47.8 cm³/mol. The first kappa shape index (κ1) is 10.9. The summed E-state index contributed by atoms with van der Waals surface area (Å²) in [7, 11) is 0. The molecule has 1 aliphatic rings. The molecule has 0 heterocycles. The second-order valence-electron chi connectivity index (χ2n) is 4.84. The highest BCUT2D eigenvalue weighted by molar-refractivity contribution is 4.89. The molecule has 1 unspecified atom stereocenters. The highest BCUT2D eigenvalue weighted by Gasteiger charge is 2.45. The molecule has 1 rings (SSSR count). The maximum atomic E-state index is 13.3. The summed E-state index contributed by atoms with van der Waals surface area (Å²) in [6, 6.07) is 0. The number of alkyl halides is 2. The van der Waals surface area contributed by atoms with E-state index in [0.29, 0.717) is 12.8 Å². The Kier molecular flexibility index (Phi) is 2.95. The molecule has 0 aromatic heterocycles. The van der Waals surface area contributed by atoms with Crippen LogP contribution in [0.1, 0.15) is 39.5 Å². The minimum Gasteiger partial charge on any atom is -0.396 e. The van der Waals surface area contributed by atoms with Gasteiger partial charge in [-0.3, -0.25) is 0 Å². The van der Waals surface area contributed by atoms with Crippen LogP contribution in [0.15, 0.2) is 0 Å². The largest absolute Gasteiger partial charge is 0.396 e. The fourth-order valence-electron chi connectivity index (χ4n) is 2.15. The lowest BCUT2D eigenvalue weighted by Gasteiger charge is -2.24. The Labute approximate surface area is 78.1 Å². The van der Waals surface area contributed by atoms with Crippen molar-refractivity contribution in [1.82, 2.24) is 0 Å². The number of hydrogen-bond donors (Lipinski definition) is 1. The maximum Gasteiger partial charge on any atom is 0.253 e. The molecule has 1 N–H and O–H groups in total. The van der Waals surface area contributed by atoms with E-state index in [2.05, 4.69) is 0 Å². The van der Waals surface area contributed by atoms with Crippen molar-refractivity contribution in [3.05, 3.63) is 0 Å². The van der Waals surface area contributed by atoms with Crippen LogP contribution in [0.4, 0.5) is 8.78 Å². The molecule has 0 bridgehead atoms. The molecule has 1 saturated carbocycles. The second kappa shape index (κ2) is 3.52. The first-order valence-corrected chi connectivity index (χ1v) is 4.86. The molecule has 13 heavy (non-hydrogen) atoms. The SMILES string of the molecule is CC1(C)CCC(C(F)(F)CCO)C1. The molecule has 3 heteroatoms. The lowest BCUT2D eigenvalue weighted by molar-refractivity contribution is -0.0751. The van der Waals surface area contributed by atoms with Crippen molar-refractivity contribution in [2.75, 3.05) is 6.61 Å². The summed E-state index contributed by atoms with van der Waals surface area (Å²) in [5.74, 6) is -3.18. The van der Waals surface area contributed by atoms with E-state index in [-0.39, 0.29) is 11.8 Å².